The zero-order chi connectivity index (χ0) is 21.1. The maximum absolute atomic E-state index is 12.8. The van der Waals surface area contributed by atoms with Gasteiger partial charge in [0.2, 0.25) is 10.0 Å². The monoisotopic (exact) mass is 423 g/mol. The molecule has 0 spiro atoms. The van der Waals surface area contributed by atoms with Crippen LogP contribution in [0.2, 0.25) is 0 Å². The van der Waals surface area contributed by atoms with Gasteiger partial charge in [-0.3, -0.25) is 0 Å². The standard InChI is InChI=1S/C22H25N5O2S/c1-17-8-10-19(11-9-17)25-21-16-22(24-18(2)23-21)26-12-14-27(15-13-26)30(28,29)20-6-4-3-5-7-20/h3-11,16H,12-15H2,1-2H3,(H,23,24,25). The Bertz CT molecular complexity index is 1110. The molecule has 7 nitrogen and oxygen atoms in total. The van der Waals surface area contributed by atoms with E-state index in [2.05, 4.69) is 20.2 Å². The molecule has 0 amide bonds. The summed E-state index contributed by atoms with van der Waals surface area (Å²) in [7, 11) is -3.47. The van der Waals surface area contributed by atoms with E-state index in [1.54, 1.807) is 28.6 Å². The van der Waals surface area contributed by atoms with Crippen molar-refractivity contribution in [3.63, 3.8) is 0 Å². The summed E-state index contributed by atoms with van der Waals surface area (Å²) in [5.74, 6) is 2.19. The summed E-state index contributed by atoms with van der Waals surface area (Å²) in [5.41, 5.74) is 2.16. The van der Waals surface area contributed by atoms with E-state index in [-0.39, 0.29) is 0 Å². The minimum Gasteiger partial charge on any atom is -0.354 e. The molecule has 0 aliphatic carbocycles. The summed E-state index contributed by atoms with van der Waals surface area (Å²) < 4.78 is 27.2. The highest BCUT2D eigenvalue weighted by atomic mass is 32.2. The smallest absolute Gasteiger partial charge is 0.243 e. The van der Waals surface area contributed by atoms with Gasteiger partial charge in [0.25, 0.3) is 0 Å². The van der Waals surface area contributed by atoms with Crippen molar-refractivity contribution in [2.24, 2.45) is 0 Å². The third-order valence-corrected chi connectivity index (χ3v) is 7.00. The van der Waals surface area contributed by atoms with E-state index in [1.165, 1.54) is 5.56 Å². The van der Waals surface area contributed by atoms with Crippen molar-refractivity contribution < 1.29 is 8.42 Å². The molecule has 1 saturated heterocycles. The van der Waals surface area contributed by atoms with Gasteiger partial charge in [-0.25, -0.2) is 18.4 Å². The summed E-state index contributed by atoms with van der Waals surface area (Å²) >= 11 is 0. The zero-order valence-corrected chi connectivity index (χ0v) is 17.9. The molecule has 3 aromatic rings. The maximum atomic E-state index is 12.8. The molecular weight excluding hydrogens is 398 g/mol. The second-order valence-corrected chi connectivity index (χ2v) is 9.29. The normalized spacial score (nSPS) is 15.2. The lowest BCUT2D eigenvalue weighted by molar-refractivity contribution is 0.383. The molecule has 2 aromatic carbocycles. The van der Waals surface area contributed by atoms with Crippen molar-refractivity contribution in [2.45, 2.75) is 18.7 Å². The van der Waals surface area contributed by atoms with Crippen LogP contribution in [0, 0.1) is 13.8 Å². The molecule has 1 aliphatic heterocycles. The van der Waals surface area contributed by atoms with Gasteiger partial charge in [-0.05, 0) is 38.1 Å². The molecule has 1 aliphatic rings. The highest BCUT2D eigenvalue weighted by molar-refractivity contribution is 7.89. The van der Waals surface area contributed by atoms with E-state index in [9.17, 15) is 8.42 Å². The topological polar surface area (TPSA) is 78.4 Å². The molecule has 2 heterocycles. The summed E-state index contributed by atoms with van der Waals surface area (Å²) in [4.78, 5) is 11.5. The zero-order valence-electron chi connectivity index (χ0n) is 17.1. The van der Waals surface area contributed by atoms with Gasteiger partial charge in [0, 0.05) is 37.9 Å². The quantitative estimate of drug-likeness (QED) is 0.678. The van der Waals surface area contributed by atoms with Crippen LogP contribution in [0.4, 0.5) is 17.3 Å². The van der Waals surface area contributed by atoms with Crippen LogP contribution in [-0.4, -0.2) is 48.9 Å². The molecule has 0 radical (unpaired) electrons. The van der Waals surface area contributed by atoms with E-state index < -0.39 is 10.0 Å². The Hall–Kier alpha value is -2.97. The number of anilines is 3. The first kappa shape index (κ1) is 20.3. The molecule has 30 heavy (non-hydrogen) atoms. The van der Waals surface area contributed by atoms with E-state index in [0.29, 0.717) is 36.9 Å². The molecule has 1 N–H and O–H groups in total. The predicted molar refractivity (Wildman–Crippen MR) is 119 cm³/mol. The largest absolute Gasteiger partial charge is 0.354 e. The molecule has 156 valence electrons. The van der Waals surface area contributed by atoms with Crippen molar-refractivity contribution in [1.82, 2.24) is 14.3 Å². The fourth-order valence-corrected chi connectivity index (χ4v) is 4.91. The lowest BCUT2D eigenvalue weighted by Gasteiger charge is -2.34. The Labute approximate surface area is 177 Å². The minimum absolute atomic E-state index is 0.334. The van der Waals surface area contributed by atoms with Crippen molar-refractivity contribution >= 4 is 27.3 Å². The molecular formula is C22H25N5O2S. The first-order chi connectivity index (χ1) is 14.4. The summed E-state index contributed by atoms with van der Waals surface area (Å²) in [6, 6.07) is 18.6. The number of nitrogens with one attached hydrogen (secondary N) is 1. The summed E-state index contributed by atoms with van der Waals surface area (Å²) in [5, 5.41) is 3.32. The van der Waals surface area contributed by atoms with Crippen LogP contribution in [0.5, 0.6) is 0 Å². The average Bonchev–Trinajstić information content (AvgIpc) is 2.76. The van der Waals surface area contributed by atoms with Gasteiger partial charge in [0.1, 0.15) is 17.5 Å². The van der Waals surface area contributed by atoms with Gasteiger partial charge in [-0.1, -0.05) is 35.9 Å². The summed E-state index contributed by atoms with van der Waals surface area (Å²) in [6.07, 6.45) is 0. The fraction of sp³-hybridized carbons (Fsp3) is 0.273. The third-order valence-electron chi connectivity index (χ3n) is 5.09. The fourth-order valence-electron chi connectivity index (χ4n) is 3.46. The minimum atomic E-state index is -3.47. The van der Waals surface area contributed by atoms with Crippen molar-refractivity contribution in [3.8, 4) is 0 Å². The molecule has 0 unspecified atom stereocenters. The number of piperazine rings is 1. The van der Waals surface area contributed by atoms with Crippen molar-refractivity contribution in [1.29, 1.82) is 0 Å². The molecule has 0 saturated carbocycles. The molecule has 1 fully saturated rings. The number of aryl methyl sites for hydroxylation is 2. The Balaban J connectivity index is 1.47. The number of rotatable bonds is 5. The van der Waals surface area contributed by atoms with Gasteiger partial charge in [-0.2, -0.15) is 4.31 Å². The number of sulfonamides is 1. The van der Waals surface area contributed by atoms with E-state index in [4.69, 9.17) is 0 Å². The van der Waals surface area contributed by atoms with Crippen LogP contribution in [0.3, 0.4) is 0 Å². The molecule has 8 heteroatoms. The number of hydrogen-bond acceptors (Lipinski definition) is 6. The van der Waals surface area contributed by atoms with Crippen LogP contribution in [0.25, 0.3) is 0 Å². The van der Waals surface area contributed by atoms with Gasteiger partial charge in [-0.15, -0.1) is 0 Å². The second-order valence-electron chi connectivity index (χ2n) is 7.35. The molecule has 0 bridgehead atoms. The highest BCUT2D eigenvalue weighted by Crippen LogP contribution is 2.23. The average molecular weight is 424 g/mol. The van der Waals surface area contributed by atoms with Gasteiger partial charge >= 0.3 is 0 Å². The van der Waals surface area contributed by atoms with Gasteiger partial charge in [0.15, 0.2) is 0 Å². The maximum Gasteiger partial charge on any atom is 0.243 e. The molecule has 0 atom stereocenters. The van der Waals surface area contributed by atoms with Crippen LogP contribution < -0.4 is 10.2 Å². The Kier molecular flexibility index (Phi) is 5.69. The van der Waals surface area contributed by atoms with Crippen LogP contribution >= 0.6 is 0 Å². The van der Waals surface area contributed by atoms with Crippen LogP contribution in [-0.2, 0) is 10.0 Å². The molecule has 4 rings (SSSR count). The van der Waals surface area contributed by atoms with Gasteiger partial charge < -0.3 is 10.2 Å². The lowest BCUT2D eigenvalue weighted by Crippen LogP contribution is -2.49. The van der Waals surface area contributed by atoms with Crippen molar-refractivity contribution in [3.05, 3.63) is 72.1 Å². The van der Waals surface area contributed by atoms with E-state index in [0.717, 1.165) is 17.3 Å². The highest BCUT2D eigenvalue weighted by Gasteiger charge is 2.29. The van der Waals surface area contributed by atoms with Crippen LogP contribution in [0.15, 0.2) is 65.6 Å². The third kappa shape index (κ3) is 4.44. The molecule has 1 aromatic heterocycles. The lowest BCUT2D eigenvalue weighted by atomic mass is 10.2. The first-order valence-corrected chi connectivity index (χ1v) is 11.4. The first-order valence-electron chi connectivity index (χ1n) is 9.91. The Morgan fingerprint density at radius 2 is 1.53 bits per heavy atom. The number of benzene rings is 2. The number of hydrogen-bond donors (Lipinski definition) is 1. The van der Waals surface area contributed by atoms with E-state index >= 15 is 0 Å². The second kappa shape index (κ2) is 8.41. The summed E-state index contributed by atoms with van der Waals surface area (Å²) in [6.45, 7) is 5.90. The van der Waals surface area contributed by atoms with Crippen LogP contribution in [0.1, 0.15) is 11.4 Å². The SMILES string of the molecule is Cc1ccc(Nc2cc(N3CCN(S(=O)(=O)c4ccccc4)CC3)nc(C)n2)cc1. The van der Waals surface area contributed by atoms with E-state index in [1.807, 2.05) is 50.2 Å². The Morgan fingerprint density at radius 3 is 2.20 bits per heavy atom. The van der Waals surface area contributed by atoms with Gasteiger partial charge in [0.05, 0.1) is 4.90 Å². The van der Waals surface area contributed by atoms with Crippen molar-refractivity contribution in [2.75, 3.05) is 36.4 Å². The predicted octanol–water partition coefficient (Wildman–Crippen LogP) is 3.35. The Morgan fingerprint density at radius 1 is 0.867 bits per heavy atom. The number of aromatic nitrogens is 2. The number of nitrogens with zero attached hydrogens (tertiary/aromatic N) is 4.